The lowest BCUT2D eigenvalue weighted by Crippen LogP contribution is -1.97. The van der Waals surface area contributed by atoms with E-state index in [9.17, 15) is 4.79 Å². The SMILES string of the molecule is COc1ccc(CCOC=O)cn1. The number of ether oxygens (including phenoxy) is 2. The molecule has 0 bridgehead atoms. The average Bonchev–Trinajstić information content (AvgIpc) is 2.19. The van der Waals surface area contributed by atoms with Crippen molar-refractivity contribution >= 4 is 6.47 Å². The Morgan fingerprint density at radius 1 is 1.54 bits per heavy atom. The number of hydrogen-bond donors (Lipinski definition) is 0. The zero-order valence-electron chi connectivity index (χ0n) is 7.40. The van der Waals surface area contributed by atoms with Gasteiger partial charge < -0.3 is 9.47 Å². The van der Waals surface area contributed by atoms with Gasteiger partial charge in [-0.3, -0.25) is 4.79 Å². The Balaban J connectivity index is 2.44. The van der Waals surface area contributed by atoms with Gasteiger partial charge in [0.1, 0.15) is 0 Å². The van der Waals surface area contributed by atoms with Crippen LogP contribution in [-0.2, 0) is 16.0 Å². The third kappa shape index (κ3) is 3.11. The molecule has 0 saturated heterocycles. The third-order valence-electron chi connectivity index (χ3n) is 1.58. The van der Waals surface area contributed by atoms with Crippen LogP contribution in [-0.4, -0.2) is 25.2 Å². The van der Waals surface area contributed by atoms with Crippen LogP contribution in [0.4, 0.5) is 0 Å². The summed E-state index contributed by atoms with van der Waals surface area (Å²) >= 11 is 0. The molecule has 0 spiro atoms. The van der Waals surface area contributed by atoms with Gasteiger partial charge >= 0.3 is 0 Å². The van der Waals surface area contributed by atoms with E-state index >= 15 is 0 Å². The minimum absolute atomic E-state index is 0.386. The molecule has 1 aromatic heterocycles. The topological polar surface area (TPSA) is 48.4 Å². The molecule has 0 aromatic carbocycles. The van der Waals surface area contributed by atoms with Crippen molar-refractivity contribution < 1.29 is 14.3 Å². The molecule has 1 rings (SSSR count). The van der Waals surface area contributed by atoms with Gasteiger partial charge in [-0.05, 0) is 5.56 Å². The lowest BCUT2D eigenvalue weighted by molar-refractivity contribution is -0.128. The lowest BCUT2D eigenvalue weighted by Gasteiger charge is -2.01. The van der Waals surface area contributed by atoms with E-state index in [1.165, 1.54) is 0 Å². The molecular formula is C9H11NO3. The summed E-state index contributed by atoms with van der Waals surface area (Å²) in [5, 5.41) is 0. The van der Waals surface area contributed by atoms with Gasteiger partial charge in [0.25, 0.3) is 6.47 Å². The van der Waals surface area contributed by atoms with Crippen LogP contribution in [0.2, 0.25) is 0 Å². The number of pyridine rings is 1. The number of hydrogen-bond acceptors (Lipinski definition) is 4. The molecule has 13 heavy (non-hydrogen) atoms. The zero-order valence-corrected chi connectivity index (χ0v) is 7.40. The molecule has 1 aromatic rings. The van der Waals surface area contributed by atoms with Gasteiger partial charge in [-0.15, -0.1) is 0 Å². The quantitative estimate of drug-likeness (QED) is 0.498. The molecule has 0 atom stereocenters. The Bertz CT molecular complexity index is 258. The molecule has 0 N–H and O–H groups in total. The molecule has 0 unspecified atom stereocenters. The Kier molecular flexibility index (Phi) is 3.75. The van der Waals surface area contributed by atoms with Crippen LogP contribution in [0.25, 0.3) is 0 Å². The molecule has 1 heterocycles. The van der Waals surface area contributed by atoms with Gasteiger partial charge in [0.15, 0.2) is 0 Å². The van der Waals surface area contributed by atoms with Gasteiger partial charge in [0.05, 0.1) is 13.7 Å². The van der Waals surface area contributed by atoms with Crippen molar-refractivity contribution in [1.29, 1.82) is 0 Å². The van der Waals surface area contributed by atoms with E-state index < -0.39 is 0 Å². The smallest absolute Gasteiger partial charge is 0.293 e. The summed E-state index contributed by atoms with van der Waals surface area (Å²) in [7, 11) is 1.57. The van der Waals surface area contributed by atoms with Crippen LogP contribution >= 0.6 is 0 Å². The molecule has 4 heteroatoms. The first-order valence-electron chi connectivity index (χ1n) is 3.91. The second kappa shape index (κ2) is 5.13. The van der Waals surface area contributed by atoms with E-state index in [-0.39, 0.29) is 0 Å². The molecule has 0 aliphatic carbocycles. The van der Waals surface area contributed by atoms with Crippen molar-refractivity contribution in [3.8, 4) is 5.88 Å². The fourth-order valence-electron chi connectivity index (χ4n) is 0.904. The van der Waals surface area contributed by atoms with Gasteiger partial charge in [-0.2, -0.15) is 0 Å². The van der Waals surface area contributed by atoms with E-state index in [4.69, 9.17) is 4.74 Å². The Morgan fingerprint density at radius 3 is 2.92 bits per heavy atom. The molecule has 0 radical (unpaired) electrons. The predicted molar refractivity (Wildman–Crippen MR) is 46.5 cm³/mol. The van der Waals surface area contributed by atoms with E-state index in [0.29, 0.717) is 25.4 Å². The molecule has 0 aliphatic rings. The van der Waals surface area contributed by atoms with E-state index in [2.05, 4.69) is 9.72 Å². The van der Waals surface area contributed by atoms with Gasteiger partial charge in [0.2, 0.25) is 5.88 Å². The van der Waals surface area contributed by atoms with Crippen LogP contribution in [0.3, 0.4) is 0 Å². The maximum atomic E-state index is 9.84. The number of methoxy groups -OCH3 is 1. The minimum atomic E-state index is 0.386. The Morgan fingerprint density at radius 2 is 2.38 bits per heavy atom. The first-order valence-corrected chi connectivity index (χ1v) is 3.91. The van der Waals surface area contributed by atoms with Crippen molar-refractivity contribution in [2.75, 3.05) is 13.7 Å². The highest BCUT2D eigenvalue weighted by atomic mass is 16.5. The largest absolute Gasteiger partial charge is 0.481 e. The van der Waals surface area contributed by atoms with Crippen molar-refractivity contribution in [2.45, 2.75) is 6.42 Å². The average molecular weight is 181 g/mol. The molecule has 70 valence electrons. The van der Waals surface area contributed by atoms with Crippen LogP contribution in [0.15, 0.2) is 18.3 Å². The van der Waals surface area contributed by atoms with Crippen LogP contribution in [0, 0.1) is 0 Å². The van der Waals surface area contributed by atoms with Gasteiger partial charge in [-0.1, -0.05) is 6.07 Å². The summed E-state index contributed by atoms with van der Waals surface area (Å²) in [6.07, 6.45) is 2.38. The fraction of sp³-hybridized carbons (Fsp3) is 0.333. The Labute approximate surface area is 76.5 Å². The molecule has 0 saturated carbocycles. The predicted octanol–water partition coefficient (Wildman–Crippen LogP) is 0.806. The number of carbonyl (C=O) groups excluding carboxylic acids is 1. The molecule has 0 aliphatic heterocycles. The molecule has 4 nitrogen and oxygen atoms in total. The van der Waals surface area contributed by atoms with Crippen molar-refractivity contribution in [2.24, 2.45) is 0 Å². The summed E-state index contributed by atoms with van der Waals surface area (Å²) in [4.78, 5) is 13.8. The number of rotatable bonds is 5. The maximum Gasteiger partial charge on any atom is 0.293 e. The normalized spacial score (nSPS) is 9.31. The van der Waals surface area contributed by atoms with Crippen LogP contribution in [0.1, 0.15) is 5.56 Å². The maximum absolute atomic E-state index is 9.84. The summed E-state index contributed by atoms with van der Waals surface area (Å²) in [5.41, 5.74) is 1.02. The molecule has 0 amide bonds. The summed E-state index contributed by atoms with van der Waals surface area (Å²) < 4.78 is 9.45. The van der Waals surface area contributed by atoms with Crippen LogP contribution < -0.4 is 4.74 Å². The third-order valence-corrected chi connectivity index (χ3v) is 1.58. The minimum Gasteiger partial charge on any atom is -0.481 e. The lowest BCUT2D eigenvalue weighted by atomic mass is 10.2. The van der Waals surface area contributed by atoms with E-state index in [1.54, 1.807) is 19.4 Å². The van der Waals surface area contributed by atoms with Crippen molar-refractivity contribution in [3.05, 3.63) is 23.9 Å². The standard InChI is InChI=1S/C9H11NO3/c1-12-9-3-2-8(6-10-9)4-5-13-7-11/h2-3,6-7H,4-5H2,1H3. The highest BCUT2D eigenvalue weighted by Crippen LogP contribution is 2.06. The first kappa shape index (κ1) is 9.51. The summed E-state index contributed by atoms with van der Waals surface area (Å²) in [5.74, 6) is 0.583. The highest BCUT2D eigenvalue weighted by Gasteiger charge is 1.95. The van der Waals surface area contributed by atoms with E-state index in [0.717, 1.165) is 5.56 Å². The fourth-order valence-corrected chi connectivity index (χ4v) is 0.904. The first-order chi connectivity index (χ1) is 6.36. The second-order valence-electron chi connectivity index (χ2n) is 2.43. The number of carbonyl (C=O) groups is 1. The monoisotopic (exact) mass is 181 g/mol. The Hall–Kier alpha value is -1.58. The molecule has 0 fully saturated rings. The van der Waals surface area contributed by atoms with Crippen LogP contribution in [0.5, 0.6) is 5.88 Å². The van der Waals surface area contributed by atoms with Crippen molar-refractivity contribution in [1.82, 2.24) is 4.98 Å². The number of aromatic nitrogens is 1. The zero-order chi connectivity index (χ0) is 9.52. The number of nitrogens with zero attached hydrogens (tertiary/aromatic N) is 1. The van der Waals surface area contributed by atoms with Gasteiger partial charge in [0, 0.05) is 18.7 Å². The second-order valence-corrected chi connectivity index (χ2v) is 2.43. The summed E-state index contributed by atoms with van der Waals surface area (Å²) in [6.45, 7) is 0.828. The molecular weight excluding hydrogens is 170 g/mol. The van der Waals surface area contributed by atoms with Crippen molar-refractivity contribution in [3.63, 3.8) is 0 Å². The van der Waals surface area contributed by atoms with Gasteiger partial charge in [-0.25, -0.2) is 4.98 Å². The van der Waals surface area contributed by atoms with E-state index in [1.807, 2.05) is 6.07 Å². The highest BCUT2D eigenvalue weighted by molar-refractivity contribution is 5.36. The summed E-state index contributed by atoms with van der Waals surface area (Å²) in [6, 6.07) is 3.66.